The molecule has 3 heteroatoms. The van der Waals surface area contributed by atoms with E-state index < -0.39 is 8.69 Å². The van der Waals surface area contributed by atoms with Gasteiger partial charge in [-0.3, -0.25) is 4.52 Å². The Morgan fingerprint density at radius 1 is 0.538 bits per heavy atom. The van der Waals surface area contributed by atoms with E-state index in [4.69, 9.17) is 4.52 Å². The Hall–Kier alpha value is -3.22. The van der Waals surface area contributed by atoms with Crippen molar-refractivity contribution in [2.45, 2.75) is 79.1 Å². The molecule has 202 valence electrons. The van der Waals surface area contributed by atoms with Crippen LogP contribution in [0.15, 0.2) is 78.9 Å². The van der Waals surface area contributed by atoms with E-state index in [0.717, 1.165) is 27.8 Å². The maximum atomic E-state index is 11.9. The highest BCUT2D eigenvalue weighted by Gasteiger charge is 2.26. The van der Waals surface area contributed by atoms with Gasteiger partial charge in [0.25, 0.3) is 0 Å². The monoisotopic (exact) mass is 537 g/mol. The minimum absolute atomic E-state index is 0.308. The zero-order valence-electron chi connectivity index (χ0n) is 24.6. The molecule has 0 radical (unpaired) electrons. The Morgan fingerprint density at radius 3 is 1.49 bits per heavy atom. The molecule has 0 aromatic heterocycles. The summed E-state index contributed by atoms with van der Waals surface area (Å²) < 4.78 is 17.8. The predicted molar refractivity (Wildman–Crippen MR) is 169 cm³/mol. The molecule has 39 heavy (non-hydrogen) atoms. The third-order valence-electron chi connectivity index (χ3n) is 7.67. The van der Waals surface area contributed by atoms with Crippen molar-refractivity contribution in [3.63, 3.8) is 0 Å². The van der Waals surface area contributed by atoms with Gasteiger partial charge in [-0.1, -0.05) is 122 Å². The zero-order valence-corrected chi connectivity index (χ0v) is 25.6. The minimum Gasteiger partial charge on any atom is -0.255 e. The number of hydrogen-bond acceptors (Lipinski definition) is 2. The molecule has 4 rings (SSSR count). The summed E-state index contributed by atoms with van der Waals surface area (Å²) in [6.07, 6.45) is 0. The molecule has 0 aliphatic rings. The summed E-state index contributed by atoms with van der Waals surface area (Å²) in [4.78, 5) is 0. The normalized spacial score (nSPS) is 11.8. The molecule has 4 aromatic rings. The second-order valence-electron chi connectivity index (χ2n) is 11.7. The summed E-state index contributed by atoms with van der Waals surface area (Å²) >= 11 is 0. The van der Waals surface area contributed by atoms with Gasteiger partial charge in [0.2, 0.25) is 0 Å². The summed E-state index contributed by atoms with van der Waals surface area (Å²) in [6, 6.07) is 28.4. The van der Waals surface area contributed by atoms with Gasteiger partial charge in [0, 0.05) is 11.1 Å². The molecular formula is C36H42O2P+. The fourth-order valence-corrected chi connectivity index (χ4v) is 5.67. The molecule has 0 amide bonds. The quantitative estimate of drug-likeness (QED) is 0.198. The van der Waals surface area contributed by atoms with Gasteiger partial charge in [-0.25, -0.2) is 0 Å². The van der Waals surface area contributed by atoms with Crippen LogP contribution in [0.4, 0.5) is 0 Å². The summed E-state index contributed by atoms with van der Waals surface area (Å²) in [5.74, 6) is 2.16. The molecule has 0 bridgehead atoms. The van der Waals surface area contributed by atoms with Crippen LogP contribution in [0.2, 0.25) is 0 Å². The highest BCUT2D eigenvalue weighted by atomic mass is 31.1. The van der Waals surface area contributed by atoms with E-state index >= 15 is 0 Å². The first-order valence-corrected chi connectivity index (χ1v) is 15.0. The van der Waals surface area contributed by atoms with Crippen molar-refractivity contribution in [3.05, 3.63) is 101 Å². The van der Waals surface area contributed by atoms with Gasteiger partial charge in [0.05, 0.1) is 0 Å². The summed E-state index contributed by atoms with van der Waals surface area (Å²) in [6.45, 7) is 18.0. The van der Waals surface area contributed by atoms with Crippen LogP contribution in [-0.4, -0.2) is 0 Å². The molecule has 0 aliphatic heterocycles. The lowest BCUT2D eigenvalue weighted by molar-refractivity contribution is 0.526. The molecule has 0 saturated heterocycles. The van der Waals surface area contributed by atoms with E-state index in [0.29, 0.717) is 29.4 Å². The van der Waals surface area contributed by atoms with Crippen LogP contribution in [0.1, 0.15) is 101 Å². The highest BCUT2D eigenvalue weighted by Crippen LogP contribution is 2.50. The van der Waals surface area contributed by atoms with Crippen molar-refractivity contribution >= 4 is 8.69 Å². The highest BCUT2D eigenvalue weighted by molar-refractivity contribution is 7.17. The van der Waals surface area contributed by atoms with Crippen LogP contribution in [0, 0.1) is 0 Å². The van der Waals surface area contributed by atoms with Crippen molar-refractivity contribution in [1.82, 2.24) is 0 Å². The molecule has 0 saturated carbocycles. The van der Waals surface area contributed by atoms with Gasteiger partial charge in [-0.2, -0.15) is 0 Å². The maximum absolute atomic E-state index is 11.9. The number of rotatable bonds is 9. The molecule has 4 aromatic carbocycles. The molecule has 0 heterocycles. The average molecular weight is 538 g/mol. The Balaban J connectivity index is 2.20. The fourth-order valence-electron chi connectivity index (χ4n) is 5.41. The minimum atomic E-state index is -0.884. The Morgan fingerprint density at radius 2 is 1.03 bits per heavy atom. The molecule has 0 fully saturated rings. The largest absolute Gasteiger partial charge is 0.542 e. The van der Waals surface area contributed by atoms with Gasteiger partial charge < -0.3 is 0 Å². The van der Waals surface area contributed by atoms with Crippen LogP contribution in [0.25, 0.3) is 33.4 Å². The van der Waals surface area contributed by atoms with Gasteiger partial charge >= 0.3 is 8.69 Å². The van der Waals surface area contributed by atoms with Gasteiger partial charge in [0.1, 0.15) is 0 Å². The smallest absolute Gasteiger partial charge is 0.255 e. The van der Waals surface area contributed by atoms with Crippen molar-refractivity contribution in [2.24, 2.45) is 0 Å². The van der Waals surface area contributed by atoms with E-state index in [-0.39, 0.29) is 0 Å². The van der Waals surface area contributed by atoms with Crippen LogP contribution >= 0.6 is 8.69 Å². The van der Waals surface area contributed by atoms with E-state index in [1.54, 1.807) is 0 Å². The second-order valence-corrected chi connectivity index (χ2v) is 12.1. The summed E-state index contributed by atoms with van der Waals surface area (Å²) in [7, 11) is -0.884. The third kappa shape index (κ3) is 6.02. The Bertz CT molecular complexity index is 1450. The van der Waals surface area contributed by atoms with Crippen LogP contribution < -0.4 is 4.52 Å². The van der Waals surface area contributed by atoms with E-state index in [2.05, 4.69) is 128 Å². The van der Waals surface area contributed by atoms with Crippen LogP contribution in [-0.2, 0) is 4.57 Å². The average Bonchev–Trinajstić information content (AvgIpc) is 2.92. The van der Waals surface area contributed by atoms with Crippen molar-refractivity contribution in [2.75, 3.05) is 0 Å². The standard InChI is InChI=1S/C36H42O2P/c1-22(2)27-14-16-30(32(20-27)24(5)6)35-29(26-12-10-9-11-13-26)18-19-34(38-39-37)36(35)31-17-15-28(23(3)4)21-33(31)25(7)8/h9-25,39H,1-8H3/q+1. The van der Waals surface area contributed by atoms with Gasteiger partial charge in [0.15, 0.2) is 5.75 Å². The predicted octanol–water partition coefficient (Wildman–Crippen LogP) is 11.5. The van der Waals surface area contributed by atoms with Crippen LogP contribution in [0.5, 0.6) is 5.75 Å². The van der Waals surface area contributed by atoms with Crippen molar-refractivity contribution in [3.8, 4) is 39.1 Å². The fraction of sp³-hybridized carbons (Fsp3) is 0.333. The number of benzene rings is 4. The van der Waals surface area contributed by atoms with Crippen LogP contribution in [0.3, 0.4) is 0 Å². The molecule has 1 atom stereocenters. The lowest BCUT2D eigenvalue weighted by Crippen LogP contribution is -2.03. The number of hydrogen-bond donors (Lipinski definition) is 0. The molecule has 1 unspecified atom stereocenters. The van der Waals surface area contributed by atoms with E-state index in [9.17, 15) is 4.57 Å². The Labute approximate surface area is 236 Å². The lowest BCUT2D eigenvalue weighted by Gasteiger charge is -2.24. The first-order chi connectivity index (χ1) is 18.6. The van der Waals surface area contributed by atoms with Gasteiger partial charge in [-0.15, -0.1) is 0 Å². The third-order valence-corrected chi connectivity index (χ3v) is 7.97. The topological polar surface area (TPSA) is 26.3 Å². The van der Waals surface area contributed by atoms with Crippen molar-refractivity contribution < 1.29 is 9.09 Å². The van der Waals surface area contributed by atoms with E-state index in [1.165, 1.54) is 27.8 Å². The first kappa shape index (κ1) is 28.8. The molecule has 2 nitrogen and oxygen atoms in total. The molecule has 0 aliphatic carbocycles. The Kier molecular flexibility index (Phi) is 9.08. The van der Waals surface area contributed by atoms with Crippen molar-refractivity contribution in [1.29, 1.82) is 0 Å². The van der Waals surface area contributed by atoms with E-state index in [1.807, 2.05) is 6.07 Å². The SMILES string of the molecule is CC(C)c1ccc(-c2c(O[PH+]=O)ccc(-c3ccccc3)c2-c2ccc(C(C)C)cc2C(C)C)c(C(C)C)c1. The van der Waals surface area contributed by atoms with Gasteiger partial charge in [-0.05, 0) is 84.9 Å². The lowest BCUT2D eigenvalue weighted by atomic mass is 9.79. The molecular weight excluding hydrogens is 495 g/mol. The maximum Gasteiger partial charge on any atom is 0.542 e. The zero-order chi connectivity index (χ0) is 28.3. The first-order valence-electron chi connectivity index (χ1n) is 14.2. The summed E-state index contributed by atoms with van der Waals surface area (Å²) in [5, 5.41) is 0. The second kappa shape index (κ2) is 12.3. The summed E-state index contributed by atoms with van der Waals surface area (Å²) in [5.41, 5.74) is 12.0. The molecule has 0 spiro atoms. The molecule has 0 N–H and O–H groups in total.